The summed E-state index contributed by atoms with van der Waals surface area (Å²) in [5.74, 6) is 0. The normalized spacial score (nSPS) is 16.1. The van der Waals surface area contributed by atoms with Crippen LogP contribution in [0, 0.1) is 0 Å². The van der Waals surface area contributed by atoms with Gasteiger partial charge in [-0.3, -0.25) is 9.88 Å². The maximum Gasteiger partial charge on any atom is 0.410 e. The number of cyclic esters (lactones) is 1. The first-order valence-electron chi connectivity index (χ1n) is 6.70. The van der Waals surface area contributed by atoms with E-state index in [1.165, 1.54) is 0 Å². The molecule has 1 fully saturated rings. The highest BCUT2D eigenvalue weighted by Crippen LogP contribution is 2.24. The fraction of sp³-hybridized carbons (Fsp3) is 0.250. The maximum absolute atomic E-state index is 11.6. The number of pyridine rings is 1. The van der Waals surface area contributed by atoms with Gasteiger partial charge >= 0.3 is 6.09 Å². The van der Waals surface area contributed by atoms with Gasteiger partial charge in [0.05, 0.1) is 18.3 Å². The molecule has 1 atom stereocenters. The molecule has 1 aromatic heterocycles. The van der Waals surface area contributed by atoms with E-state index in [-0.39, 0.29) is 12.1 Å². The first-order chi connectivity index (χ1) is 9.75. The van der Waals surface area contributed by atoms with E-state index in [2.05, 4.69) is 17.1 Å². The molecule has 0 radical (unpaired) electrons. The largest absolute Gasteiger partial charge is 0.448 e. The van der Waals surface area contributed by atoms with Gasteiger partial charge in [0.25, 0.3) is 0 Å². The van der Waals surface area contributed by atoms with Gasteiger partial charge < -0.3 is 4.74 Å². The highest BCUT2D eigenvalue weighted by Gasteiger charge is 2.28. The Bertz CT molecular complexity index is 596. The van der Waals surface area contributed by atoms with E-state index in [0.29, 0.717) is 13.2 Å². The molecule has 2 aromatic rings. The van der Waals surface area contributed by atoms with Gasteiger partial charge in [-0.1, -0.05) is 36.4 Å². The number of carbonyl (C=O) groups is 1. The molecular weight excluding hydrogens is 252 g/mol. The van der Waals surface area contributed by atoms with Crippen LogP contribution in [-0.4, -0.2) is 29.1 Å². The molecule has 1 aliphatic heterocycles. The first kappa shape index (κ1) is 12.7. The van der Waals surface area contributed by atoms with E-state index in [4.69, 9.17) is 4.74 Å². The van der Waals surface area contributed by atoms with Crippen LogP contribution in [0.25, 0.3) is 11.1 Å². The van der Waals surface area contributed by atoms with Crippen LogP contribution in [0.4, 0.5) is 4.79 Å². The van der Waals surface area contributed by atoms with Crippen molar-refractivity contribution in [1.82, 2.24) is 9.88 Å². The Hall–Kier alpha value is -2.36. The van der Waals surface area contributed by atoms with E-state index in [1.54, 1.807) is 4.90 Å². The molecular formula is C16H16N2O2. The number of aromatic nitrogens is 1. The van der Waals surface area contributed by atoms with Crippen LogP contribution >= 0.6 is 0 Å². The minimum Gasteiger partial charge on any atom is -0.448 e. The molecule has 2 heterocycles. The summed E-state index contributed by atoms with van der Waals surface area (Å²) >= 11 is 0. The lowest BCUT2D eigenvalue weighted by Gasteiger charge is -2.21. The number of hydrogen-bond donors (Lipinski definition) is 0. The fourth-order valence-corrected chi connectivity index (χ4v) is 2.37. The summed E-state index contributed by atoms with van der Waals surface area (Å²) in [4.78, 5) is 17.7. The zero-order valence-corrected chi connectivity index (χ0v) is 11.3. The van der Waals surface area contributed by atoms with Crippen molar-refractivity contribution in [2.24, 2.45) is 0 Å². The molecule has 1 saturated heterocycles. The van der Waals surface area contributed by atoms with Crippen LogP contribution in [0.3, 0.4) is 0 Å². The smallest absolute Gasteiger partial charge is 0.410 e. The van der Waals surface area contributed by atoms with Crippen LogP contribution < -0.4 is 0 Å². The Morgan fingerprint density at radius 3 is 2.55 bits per heavy atom. The van der Waals surface area contributed by atoms with Gasteiger partial charge in [-0.15, -0.1) is 0 Å². The summed E-state index contributed by atoms with van der Waals surface area (Å²) in [5, 5.41) is 0. The number of nitrogens with zero attached hydrogens (tertiary/aromatic N) is 2. The quantitative estimate of drug-likeness (QED) is 0.858. The minimum atomic E-state index is -0.258. The molecule has 102 valence electrons. The SMILES string of the molecule is CC(c1ccc(-c2ccccc2)cn1)N1CCOC1=O. The third kappa shape index (κ3) is 2.37. The van der Waals surface area contributed by atoms with Crippen molar-refractivity contribution in [3.8, 4) is 11.1 Å². The molecule has 0 saturated carbocycles. The zero-order valence-electron chi connectivity index (χ0n) is 11.3. The molecule has 1 aliphatic rings. The second-order valence-electron chi connectivity index (χ2n) is 4.82. The molecule has 20 heavy (non-hydrogen) atoms. The molecule has 0 bridgehead atoms. The van der Waals surface area contributed by atoms with Crippen molar-refractivity contribution in [2.75, 3.05) is 13.2 Å². The minimum absolute atomic E-state index is 0.0603. The lowest BCUT2D eigenvalue weighted by molar-refractivity contribution is 0.149. The molecule has 4 heteroatoms. The van der Waals surface area contributed by atoms with Gasteiger partial charge in [-0.05, 0) is 18.6 Å². The van der Waals surface area contributed by atoms with Crippen molar-refractivity contribution in [3.63, 3.8) is 0 Å². The van der Waals surface area contributed by atoms with Gasteiger partial charge in [-0.25, -0.2) is 4.79 Å². The molecule has 0 spiro atoms. The summed E-state index contributed by atoms with van der Waals surface area (Å²) in [5.41, 5.74) is 3.09. The predicted octanol–water partition coefficient (Wildman–Crippen LogP) is 3.26. The molecule has 1 amide bonds. The summed E-state index contributed by atoms with van der Waals surface area (Å²) in [6.45, 7) is 3.06. The van der Waals surface area contributed by atoms with E-state index in [9.17, 15) is 4.79 Å². The first-order valence-corrected chi connectivity index (χ1v) is 6.70. The van der Waals surface area contributed by atoms with Crippen LogP contribution in [0.1, 0.15) is 18.7 Å². The number of carbonyl (C=O) groups excluding carboxylic acids is 1. The lowest BCUT2D eigenvalue weighted by Crippen LogP contribution is -2.28. The van der Waals surface area contributed by atoms with Gasteiger partial charge in [-0.2, -0.15) is 0 Å². The molecule has 1 aromatic carbocycles. The number of amides is 1. The summed E-state index contributed by atoms with van der Waals surface area (Å²) in [6.07, 6.45) is 1.59. The number of rotatable bonds is 3. The average molecular weight is 268 g/mol. The van der Waals surface area contributed by atoms with E-state index >= 15 is 0 Å². The Kier molecular flexibility index (Phi) is 3.37. The fourth-order valence-electron chi connectivity index (χ4n) is 2.37. The summed E-state index contributed by atoms with van der Waals surface area (Å²) in [7, 11) is 0. The molecule has 1 unspecified atom stereocenters. The predicted molar refractivity (Wildman–Crippen MR) is 76.1 cm³/mol. The van der Waals surface area contributed by atoms with Gasteiger partial charge in [0.2, 0.25) is 0 Å². The van der Waals surface area contributed by atoms with Crippen molar-refractivity contribution < 1.29 is 9.53 Å². The zero-order chi connectivity index (χ0) is 13.9. The van der Waals surface area contributed by atoms with Crippen molar-refractivity contribution in [1.29, 1.82) is 0 Å². The number of ether oxygens (including phenoxy) is 1. The van der Waals surface area contributed by atoms with Crippen LogP contribution in [-0.2, 0) is 4.74 Å². The Morgan fingerprint density at radius 2 is 1.95 bits per heavy atom. The Morgan fingerprint density at radius 1 is 1.15 bits per heavy atom. The van der Waals surface area contributed by atoms with Crippen LogP contribution in [0.2, 0.25) is 0 Å². The number of benzene rings is 1. The highest BCUT2D eigenvalue weighted by atomic mass is 16.6. The average Bonchev–Trinajstić information content (AvgIpc) is 2.94. The molecule has 4 nitrogen and oxygen atoms in total. The van der Waals surface area contributed by atoms with Crippen LogP contribution in [0.15, 0.2) is 48.7 Å². The molecule has 0 N–H and O–H groups in total. The summed E-state index contributed by atoms with van der Waals surface area (Å²) in [6, 6.07) is 14.1. The maximum atomic E-state index is 11.6. The van der Waals surface area contributed by atoms with E-state index in [0.717, 1.165) is 16.8 Å². The lowest BCUT2D eigenvalue weighted by atomic mass is 10.1. The van der Waals surface area contributed by atoms with Crippen molar-refractivity contribution >= 4 is 6.09 Å². The van der Waals surface area contributed by atoms with Gasteiger partial charge in [0.1, 0.15) is 6.61 Å². The van der Waals surface area contributed by atoms with E-state index in [1.807, 2.05) is 43.5 Å². The van der Waals surface area contributed by atoms with Gasteiger partial charge in [0.15, 0.2) is 0 Å². The third-order valence-electron chi connectivity index (χ3n) is 3.58. The third-order valence-corrected chi connectivity index (χ3v) is 3.58. The van der Waals surface area contributed by atoms with Gasteiger partial charge in [0, 0.05) is 11.8 Å². The van der Waals surface area contributed by atoms with E-state index < -0.39 is 0 Å². The second kappa shape index (κ2) is 5.33. The topological polar surface area (TPSA) is 42.4 Å². The van der Waals surface area contributed by atoms with Crippen molar-refractivity contribution in [3.05, 3.63) is 54.4 Å². The second-order valence-corrected chi connectivity index (χ2v) is 4.82. The van der Waals surface area contributed by atoms with Crippen LogP contribution in [0.5, 0.6) is 0 Å². The molecule has 0 aliphatic carbocycles. The Balaban J connectivity index is 1.81. The highest BCUT2D eigenvalue weighted by molar-refractivity contribution is 5.70. The number of hydrogen-bond acceptors (Lipinski definition) is 3. The van der Waals surface area contributed by atoms with Crippen molar-refractivity contribution in [2.45, 2.75) is 13.0 Å². The Labute approximate surface area is 118 Å². The summed E-state index contributed by atoms with van der Waals surface area (Å²) < 4.78 is 4.96. The molecule has 3 rings (SSSR count). The monoisotopic (exact) mass is 268 g/mol. The standard InChI is InChI=1S/C16H16N2O2/c1-12(18-9-10-20-16(18)19)15-8-7-14(11-17-15)13-5-3-2-4-6-13/h2-8,11-12H,9-10H2,1H3.